The molecule has 9 heteroatoms. The van der Waals surface area contributed by atoms with Crippen molar-refractivity contribution in [2.24, 2.45) is 0 Å². The lowest BCUT2D eigenvalue weighted by molar-refractivity contribution is -0.134. The van der Waals surface area contributed by atoms with Crippen LogP contribution in [0, 0.1) is 11.6 Å². The van der Waals surface area contributed by atoms with Gasteiger partial charge in [0.2, 0.25) is 5.91 Å². The number of amides is 4. The summed E-state index contributed by atoms with van der Waals surface area (Å²) in [4.78, 5) is 37.7. The number of nitrogens with zero attached hydrogens (tertiary/aromatic N) is 1. The Morgan fingerprint density at radius 1 is 1.21 bits per heavy atom. The van der Waals surface area contributed by atoms with E-state index in [1.165, 1.54) is 6.92 Å². The van der Waals surface area contributed by atoms with Crippen molar-refractivity contribution in [1.29, 1.82) is 0 Å². The first kappa shape index (κ1) is 19.8. The number of rotatable bonds is 5. The number of hydrogen-bond donors (Lipinski definition) is 2. The largest absolute Gasteiger partial charge is 0.350 e. The fraction of sp³-hybridized carbons (Fsp3) is 0.211. The smallest absolute Gasteiger partial charge is 0.325 e. The number of benzene rings is 2. The number of imide groups is 1. The van der Waals surface area contributed by atoms with Crippen LogP contribution in [0.5, 0.6) is 0 Å². The third kappa shape index (κ3) is 3.82. The Labute approximate surface area is 164 Å². The zero-order valence-electron chi connectivity index (χ0n) is 14.8. The predicted molar refractivity (Wildman–Crippen MR) is 97.3 cm³/mol. The van der Waals surface area contributed by atoms with E-state index < -0.39 is 41.6 Å². The Balaban J connectivity index is 1.71. The lowest BCUT2D eigenvalue weighted by Gasteiger charge is -2.22. The fourth-order valence-electron chi connectivity index (χ4n) is 2.95. The number of halogens is 3. The molecule has 0 aliphatic carbocycles. The van der Waals surface area contributed by atoms with Crippen molar-refractivity contribution in [3.8, 4) is 0 Å². The summed E-state index contributed by atoms with van der Waals surface area (Å²) in [5.41, 5.74) is -1.38. The Morgan fingerprint density at radius 2 is 1.96 bits per heavy atom. The van der Waals surface area contributed by atoms with E-state index in [2.05, 4.69) is 10.6 Å². The van der Waals surface area contributed by atoms with Gasteiger partial charge in [-0.25, -0.2) is 13.6 Å². The Morgan fingerprint density at radius 3 is 2.68 bits per heavy atom. The first-order valence-corrected chi connectivity index (χ1v) is 8.69. The second-order valence-electron chi connectivity index (χ2n) is 6.48. The molecule has 2 aromatic carbocycles. The van der Waals surface area contributed by atoms with Crippen LogP contribution in [0.2, 0.25) is 5.02 Å². The molecule has 0 aromatic heterocycles. The predicted octanol–water partition coefficient (Wildman–Crippen LogP) is 2.70. The summed E-state index contributed by atoms with van der Waals surface area (Å²) in [6.45, 7) is 0.853. The van der Waals surface area contributed by atoms with Crippen LogP contribution in [0.3, 0.4) is 0 Å². The minimum absolute atomic E-state index is 0.152. The van der Waals surface area contributed by atoms with Crippen molar-refractivity contribution in [1.82, 2.24) is 15.5 Å². The summed E-state index contributed by atoms with van der Waals surface area (Å²) in [7, 11) is 0. The zero-order valence-corrected chi connectivity index (χ0v) is 15.5. The van der Waals surface area contributed by atoms with E-state index in [1.807, 2.05) is 0 Å². The number of carbonyl (C=O) groups excluding carboxylic acids is 3. The van der Waals surface area contributed by atoms with E-state index >= 15 is 0 Å². The standard InChI is InChI=1S/C19H16ClF2N3O3/c1-19(14-8-13(21)5-6-15(14)22)17(27)25(18(28)24-19)10-16(26)23-9-11-3-2-4-12(20)7-11/h2-8H,9-10H2,1H3,(H,23,26)(H,24,28)/t19-/m0/s1. The molecule has 0 unspecified atom stereocenters. The van der Waals surface area contributed by atoms with Crippen LogP contribution < -0.4 is 10.6 Å². The van der Waals surface area contributed by atoms with Gasteiger partial charge >= 0.3 is 6.03 Å². The minimum atomic E-state index is -1.81. The van der Waals surface area contributed by atoms with Gasteiger partial charge in [-0.3, -0.25) is 14.5 Å². The SMILES string of the molecule is C[C@@]1(c2cc(F)ccc2F)NC(=O)N(CC(=O)NCc2cccc(Cl)c2)C1=O. The number of hydrogen-bond acceptors (Lipinski definition) is 3. The highest BCUT2D eigenvalue weighted by Crippen LogP contribution is 2.31. The maximum Gasteiger partial charge on any atom is 0.325 e. The third-order valence-electron chi connectivity index (χ3n) is 4.42. The average Bonchev–Trinajstić information content (AvgIpc) is 2.86. The van der Waals surface area contributed by atoms with Gasteiger partial charge in [-0.2, -0.15) is 0 Å². The van der Waals surface area contributed by atoms with E-state index in [0.717, 1.165) is 23.8 Å². The minimum Gasteiger partial charge on any atom is -0.350 e. The number of carbonyl (C=O) groups is 3. The van der Waals surface area contributed by atoms with E-state index in [-0.39, 0.29) is 12.1 Å². The summed E-state index contributed by atoms with van der Waals surface area (Å²) in [6, 6.07) is 8.58. The molecule has 6 nitrogen and oxygen atoms in total. The Kier molecular flexibility index (Phi) is 5.33. The van der Waals surface area contributed by atoms with Gasteiger partial charge in [-0.1, -0.05) is 23.7 Å². The van der Waals surface area contributed by atoms with Gasteiger partial charge in [0.1, 0.15) is 23.7 Å². The lowest BCUT2D eigenvalue weighted by Crippen LogP contribution is -2.43. The molecule has 0 saturated carbocycles. The van der Waals surface area contributed by atoms with E-state index in [9.17, 15) is 23.2 Å². The molecule has 1 atom stereocenters. The molecule has 0 spiro atoms. The Hall–Kier alpha value is -3.00. The molecule has 0 radical (unpaired) electrons. The summed E-state index contributed by atoms with van der Waals surface area (Å²) >= 11 is 5.87. The van der Waals surface area contributed by atoms with Crippen molar-refractivity contribution < 1.29 is 23.2 Å². The van der Waals surface area contributed by atoms with Crippen LogP contribution >= 0.6 is 11.6 Å². The molecule has 0 bridgehead atoms. The summed E-state index contributed by atoms with van der Waals surface area (Å²) in [6.07, 6.45) is 0. The van der Waals surface area contributed by atoms with E-state index in [4.69, 9.17) is 11.6 Å². The third-order valence-corrected chi connectivity index (χ3v) is 4.66. The van der Waals surface area contributed by atoms with Crippen molar-refractivity contribution in [2.75, 3.05) is 6.54 Å². The molecule has 4 amide bonds. The molecular formula is C19H16ClF2N3O3. The van der Waals surface area contributed by atoms with Crippen LogP contribution in [-0.4, -0.2) is 29.3 Å². The second kappa shape index (κ2) is 7.55. The van der Waals surface area contributed by atoms with E-state index in [0.29, 0.717) is 9.92 Å². The van der Waals surface area contributed by atoms with Crippen molar-refractivity contribution in [3.63, 3.8) is 0 Å². The van der Waals surface area contributed by atoms with E-state index in [1.54, 1.807) is 24.3 Å². The van der Waals surface area contributed by atoms with Gasteiger partial charge in [0.25, 0.3) is 5.91 Å². The molecule has 1 heterocycles. The fourth-order valence-corrected chi connectivity index (χ4v) is 3.16. The average molecular weight is 408 g/mol. The first-order valence-electron chi connectivity index (χ1n) is 8.31. The van der Waals surface area contributed by atoms with Crippen molar-refractivity contribution >= 4 is 29.4 Å². The summed E-state index contributed by atoms with van der Waals surface area (Å²) in [5, 5.41) is 5.42. The van der Waals surface area contributed by atoms with Gasteiger partial charge in [0.15, 0.2) is 0 Å². The molecule has 146 valence electrons. The maximum atomic E-state index is 14.1. The van der Waals surface area contributed by atoms with Gasteiger partial charge < -0.3 is 10.6 Å². The summed E-state index contributed by atoms with van der Waals surface area (Å²) < 4.78 is 27.6. The molecule has 28 heavy (non-hydrogen) atoms. The molecule has 1 fully saturated rings. The molecule has 2 N–H and O–H groups in total. The first-order chi connectivity index (χ1) is 13.2. The monoisotopic (exact) mass is 407 g/mol. The second-order valence-corrected chi connectivity index (χ2v) is 6.91. The van der Waals surface area contributed by atoms with Crippen molar-refractivity contribution in [3.05, 3.63) is 70.2 Å². The normalized spacial score (nSPS) is 18.9. The van der Waals surface area contributed by atoms with Crippen LogP contribution in [0.1, 0.15) is 18.1 Å². The molecule has 1 saturated heterocycles. The quantitative estimate of drug-likeness (QED) is 0.748. The zero-order chi connectivity index (χ0) is 20.5. The number of urea groups is 1. The van der Waals surface area contributed by atoms with Gasteiger partial charge in [0, 0.05) is 17.1 Å². The Bertz CT molecular complexity index is 969. The highest BCUT2D eigenvalue weighted by molar-refractivity contribution is 6.30. The summed E-state index contributed by atoms with van der Waals surface area (Å²) in [5.74, 6) is -3.03. The maximum absolute atomic E-state index is 14.1. The van der Waals surface area contributed by atoms with Crippen LogP contribution in [-0.2, 0) is 21.7 Å². The van der Waals surface area contributed by atoms with Crippen molar-refractivity contribution in [2.45, 2.75) is 19.0 Å². The van der Waals surface area contributed by atoms with Gasteiger partial charge in [-0.15, -0.1) is 0 Å². The molecule has 2 aromatic rings. The van der Waals surface area contributed by atoms with Gasteiger partial charge in [0.05, 0.1) is 0 Å². The lowest BCUT2D eigenvalue weighted by atomic mass is 9.91. The van der Waals surface area contributed by atoms with Gasteiger partial charge in [-0.05, 0) is 42.8 Å². The highest BCUT2D eigenvalue weighted by Gasteiger charge is 2.50. The number of nitrogens with one attached hydrogen (secondary N) is 2. The topological polar surface area (TPSA) is 78.5 Å². The van der Waals surface area contributed by atoms with Crippen LogP contribution in [0.25, 0.3) is 0 Å². The molecule has 3 rings (SSSR count). The van der Waals surface area contributed by atoms with Crippen LogP contribution in [0.4, 0.5) is 13.6 Å². The molecule has 1 aliphatic rings. The molecule has 1 aliphatic heterocycles. The highest BCUT2D eigenvalue weighted by atomic mass is 35.5. The van der Waals surface area contributed by atoms with Crippen LogP contribution in [0.15, 0.2) is 42.5 Å². The molecular weight excluding hydrogens is 392 g/mol.